The van der Waals surface area contributed by atoms with Crippen molar-refractivity contribution in [1.29, 1.82) is 0 Å². The van der Waals surface area contributed by atoms with E-state index in [2.05, 4.69) is 97.1 Å². The lowest BCUT2D eigenvalue weighted by Crippen LogP contribution is -2.55. The predicted molar refractivity (Wildman–Crippen MR) is 260 cm³/mol. The number of para-hydroxylation sites is 1. The van der Waals surface area contributed by atoms with Gasteiger partial charge in [0.05, 0.1) is 0 Å². The Kier molecular flexibility index (Phi) is 8.94. The summed E-state index contributed by atoms with van der Waals surface area (Å²) >= 11 is 1.76. The Morgan fingerprint density at radius 2 is 0.918 bits per heavy atom. The number of benzene rings is 8. The molecule has 10 heteroatoms. The molecule has 4 nitrogen and oxygen atoms in total. The quantitative estimate of drug-likeness (QED) is 0.160. The topological polar surface area (TPSA) is 51.8 Å². The van der Waals surface area contributed by atoms with Crippen LogP contribution in [-0.2, 0) is 0 Å². The van der Waals surface area contributed by atoms with E-state index in [0.29, 0.717) is 34.0 Å². The van der Waals surface area contributed by atoms with Gasteiger partial charge in [-0.2, -0.15) is 0 Å². The number of hydrogen-bond acceptors (Lipinski definition) is 5. The van der Waals surface area contributed by atoms with Gasteiger partial charge in [0.15, 0.2) is 17.5 Å². The molecule has 0 N–H and O–H groups in total. The molecule has 61 heavy (non-hydrogen) atoms. The maximum absolute atomic E-state index is 6.72. The van der Waals surface area contributed by atoms with Gasteiger partial charge in [0.2, 0.25) is 0 Å². The lowest BCUT2D eigenvalue weighted by Gasteiger charge is -2.21. The fourth-order valence-electron chi connectivity index (χ4n) is 8.26. The lowest BCUT2D eigenvalue weighted by atomic mass is 9.59. The first kappa shape index (κ1) is 37.1. The van der Waals surface area contributed by atoms with E-state index in [9.17, 15) is 0 Å². The largest absolute Gasteiger partial charge is 0.455 e. The van der Waals surface area contributed by atoms with Gasteiger partial charge in [-0.25, -0.2) is 15.0 Å². The third-order valence-corrected chi connectivity index (χ3v) is 12.7. The second-order valence-corrected chi connectivity index (χ2v) is 16.1. The highest BCUT2D eigenvalue weighted by molar-refractivity contribution is 7.26. The van der Waals surface area contributed by atoms with Crippen molar-refractivity contribution in [3.05, 3.63) is 158 Å². The summed E-state index contributed by atoms with van der Waals surface area (Å²) in [5.41, 5.74) is 11.0. The maximum Gasteiger partial charge on any atom is 0.165 e. The van der Waals surface area contributed by atoms with Gasteiger partial charge < -0.3 is 4.42 Å². The van der Waals surface area contributed by atoms with Crippen LogP contribution in [0.1, 0.15) is 0 Å². The highest BCUT2D eigenvalue weighted by Crippen LogP contribution is 2.41. The smallest absolute Gasteiger partial charge is 0.165 e. The number of hydrogen-bond donors (Lipinski definition) is 0. The van der Waals surface area contributed by atoms with Crippen LogP contribution in [0.4, 0.5) is 0 Å². The summed E-state index contributed by atoms with van der Waals surface area (Å²) in [6.07, 6.45) is 0. The SMILES string of the molecule is [B]c1c([B])c([B])c(-c2ccc(-c3ccc(-c4cccc5c4oc4cc(-c6nc(-c7ccccc7)nc(-c7cccc8c7sc7ccccc78)n6)ccc45)cc3)cc2)c([B])c1[B]. The van der Waals surface area contributed by atoms with Crippen LogP contribution in [-0.4, -0.2) is 54.2 Å². The van der Waals surface area contributed by atoms with E-state index in [4.69, 9.17) is 58.6 Å². The first-order valence-electron chi connectivity index (χ1n) is 19.7. The molecule has 0 unspecified atom stereocenters. The second kappa shape index (κ2) is 14.7. The third kappa shape index (κ3) is 6.24. The number of nitrogens with zero attached hydrogens (tertiary/aromatic N) is 3. The van der Waals surface area contributed by atoms with Gasteiger partial charge >= 0.3 is 0 Å². The van der Waals surface area contributed by atoms with Gasteiger partial charge in [0, 0.05) is 53.2 Å². The minimum atomic E-state index is 0.197. The van der Waals surface area contributed by atoms with Crippen molar-refractivity contribution >= 4 is 120 Å². The third-order valence-electron chi connectivity index (χ3n) is 11.5. The van der Waals surface area contributed by atoms with Crippen LogP contribution in [0.3, 0.4) is 0 Å². The molecule has 11 rings (SSSR count). The Morgan fingerprint density at radius 3 is 1.64 bits per heavy atom. The molecule has 0 fully saturated rings. The Labute approximate surface area is 362 Å². The van der Waals surface area contributed by atoms with Gasteiger partial charge in [-0.1, -0.05) is 144 Å². The minimum Gasteiger partial charge on any atom is -0.455 e. The van der Waals surface area contributed by atoms with E-state index in [1.807, 2.05) is 60.7 Å². The fraction of sp³-hybridized carbons (Fsp3) is 0. The van der Waals surface area contributed by atoms with Crippen LogP contribution in [0.15, 0.2) is 162 Å². The Hall–Kier alpha value is -6.89. The van der Waals surface area contributed by atoms with Crippen molar-refractivity contribution in [2.75, 3.05) is 0 Å². The number of fused-ring (bicyclic) bond motifs is 6. The van der Waals surface area contributed by atoms with Crippen molar-refractivity contribution in [3.8, 4) is 67.5 Å². The van der Waals surface area contributed by atoms with Crippen LogP contribution >= 0.6 is 11.3 Å². The van der Waals surface area contributed by atoms with E-state index in [0.717, 1.165) is 71.1 Å². The lowest BCUT2D eigenvalue weighted by molar-refractivity contribution is 0.670. The zero-order valence-corrected chi connectivity index (χ0v) is 33.4. The average molecular weight is 783 g/mol. The normalized spacial score (nSPS) is 11.6. The molecule has 0 aliphatic rings. The molecule has 0 saturated carbocycles. The Balaban J connectivity index is 0.955. The molecule has 272 valence electrons. The number of thiophene rings is 1. The second-order valence-electron chi connectivity index (χ2n) is 15.0. The monoisotopic (exact) mass is 783 g/mol. The van der Waals surface area contributed by atoms with Crippen LogP contribution in [0.25, 0.3) is 110 Å². The molecule has 0 atom stereocenters. The van der Waals surface area contributed by atoms with E-state index in [1.165, 1.54) is 15.5 Å². The summed E-state index contributed by atoms with van der Waals surface area (Å²) in [6.45, 7) is 0. The first-order valence-corrected chi connectivity index (χ1v) is 20.5. The predicted octanol–water partition coefficient (Wildman–Crippen LogP) is 8.11. The molecular formula is C51H26B5N3OS. The zero-order chi connectivity index (χ0) is 41.4. The van der Waals surface area contributed by atoms with Crippen molar-refractivity contribution < 1.29 is 4.42 Å². The van der Waals surface area contributed by atoms with Crippen molar-refractivity contribution in [1.82, 2.24) is 15.0 Å². The molecular weight excluding hydrogens is 757 g/mol. The van der Waals surface area contributed by atoms with Crippen LogP contribution in [0.2, 0.25) is 0 Å². The summed E-state index contributed by atoms with van der Waals surface area (Å²) in [7, 11) is 30.9. The van der Waals surface area contributed by atoms with E-state index < -0.39 is 0 Å². The van der Waals surface area contributed by atoms with E-state index >= 15 is 0 Å². The summed E-state index contributed by atoms with van der Waals surface area (Å²) in [4.78, 5) is 15.2. The maximum atomic E-state index is 6.72. The molecule has 0 bridgehead atoms. The Bertz CT molecular complexity index is 3500. The molecule has 0 amide bonds. The molecule has 0 aliphatic carbocycles. The summed E-state index contributed by atoms with van der Waals surface area (Å²) in [6, 6.07) is 53.7. The molecule has 0 saturated heterocycles. The first-order chi connectivity index (χ1) is 29.8. The van der Waals surface area contributed by atoms with Gasteiger partial charge in [-0.3, -0.25) is 0 Å². The number of furan rings is 1. The van der Waals surface area contributed by atoms with Crippen LogP contribution in [0.5, 0.6) is 0 Å². The molecule has 3 aromatic heterocycles. The van der Waals surface area contributed by atoms with Crippen LogP contribution in [0, 0.1) is 0 Å². The van der Waals surface area contributed by atoms with Gasteiger partial charge in [-0.05, 0) is 52.1 Å². The zero-order valence-electron chi connectivity index (χ0n) is 32.6. The van der Waals surface area contributed by atoms with E-state index in [-0.39, 0.29) is 16.4 Å². The molecule has 3 heterocycles. The van der Waals surface area contributed by atoms with Gasteiger partial charge in [0.1, 0.15) is 50.4 Å². The highest BCUT2D eigenvalue weighted by atomic mass is 32.1. The number of rotatable bonds is 6. The fourth-order valence-corrected chi connectivity index (χ4v) is 9.47. The van der Waals surface area contributed by atoms with Crippen molar-refractivity contribution in [2.45, 2.75) is 0 Å². The highest BCUT2D eigenvalue weighted by Gasteiger charge is 2.19. The standard InChI is InChI=1S/C51H26B5N3OS/c52-42-41(43(53)45(55)46(56)44(42)54)30-22-18-28(19-23-30)27-16-20-29(21-17-27)33-11-6-12-36-34-25-24-32(26-39(34)60-47(33)36)50-57-49(31-8-2-1-3-9-31)58-51(59-50)38-14-7-13-37-35-10-4-5-15-40(35)61-48(37)38/h1-26H. The minimum absolute atomic E-state index is 0.197. The molecule has 0 aliphatic heterocycles. The van der Waals surface area contributed by atoms with Crippen molar-refractivity contribution in [2.24, 2.45) is 0 Å². The number of aromatic nitrogens is 3. The average Bonchev–Trinajstić information content (AvgIpc) is 3.89. The van der Waals surface area contributed by atoms with Crippen molar-refractivity contribution in [3.63, 3.8) is 0 Å². The molecule has 10 radical (unpaired) electrons. The van der Waals surface area contributed by atoms with E-state index in [1.54, 1.807) is 11.3 Å². The molecule has 8 aromatic carbocycles. The molecule has 0 spiro atoms. The summed E-state index contributed by atoms with van der Waals surface area (Å²) < 4.78 is 9.09. The summed E-state index contributed by atoms with van der Waals surface area (Å²) in [5, 5.41) is 4.45. The molecule has 11 aromatic rings. The summed E-state index contributed by atoms with van der Waals surface area (Å²) in [5.74, 6) is 1.80. The van der Waals surface area contributed by atoms with Crippen LogP contribution < -0.4 is 27.3 Å². The van der Waals surface area contributed by atoms with Gasteiger partial charge in [0.25, 0.3) is 0 Å². The van der Waals surface area contributed by atoms with Gasteiger partial charge in [-0.15, -0.1) is 27.7 Å². The Morgan fingerprint density at radius 1 is 0.377 bits per heavy atom.